The van der Waals surface area contributed by atoms with Gasteiger partial charge in [-0.3, -0.25) is 0 Å². The summed E-state index contributed by atoms with van der Waals surface area (Å²) in [4.78, 5) is 10.5. The molecule has 2 fully saturated rings. The first-order chi connectivity index (χ1) is 4.92. The van der Waals surface area contributed by atoms with Gasteiger partial charge in [0.1, 0.15) is 6.29 Å². The lowest BCUT2D eigenvalue weighted by molar-refractivity contribution is -0.110. The van der Waals surface area contributed by atoms with Crippen LogP contribution in [-0.4, -0.2) is 18.9 Å². The lowest BCUT2D eigenvalue weighted by Gasteiger charge is -2.11. The third-order valence-electron chi connectivity index (χ3n) is 2.69. The third kappa shape index (κ3) is 0.966. The molecule has 0 bridgehead atoms. The summed E-state index contributed by atoms with van der Waals surface area (Å²) in [7, 11) is 0. The summed E-state index contributed by atoms with van der Waals surface area (Å²) in [6.07, 6.45) is 5.01. The smallest absolute Gasteiger partial charge is 0.137 e. The van der Waals surface area contributed by atoms with Gasteiger partial charge >= 0.3 is 0 Å². The number of nitrogens with one attached hydrogen (secondary N) is 1. The fourth-order valence-electron chi connectivity index (χ4n) is 1.95. The van der Waals surface area contributed by atoms with Crippen molar-refractivity contribution in [3.63, 3.8) is 0 Å². The van der Waals surface area contributed by atoms with E-state index in [0.717, 1.165) is 18.7 Å². The summed E-state index contributed by atoms with van der Waals surface area (Å²) >= 11 is 0. The van der Waals surface area contributed by atoms with E-state index in [1.165, 1.54) is 19.3 Å². The first kappa shape index (κ1) is 6.35. The summed E-state index contributed by atoms with van der Waals surface area (Å²) in [6.45, 7) is 1.05. The Morgan fingerprint density at radius 2 is 2.10 bits per heavy atom. The number of carbonyl (C=O) groups is 1. The molecule has 56 valence electrons. The Balaban J connectivity index is 1.97. The standard InChI is InChI=1S/C8H13NO/c10-5-8-7(3-4-9-8)6-1-2-6/h5-9H,1-4H2. The van der Waals surface area contributed by atoms with E-state index in [9.17, 15) is 4.79 Å². The first-order valence-electron chi connectivity index (χ1n) is 4.10. The van der Waals surface area contributed by atoms with Crippen molar-refractivity contribution in [1.29, 1.82) is 0 Å². The summed E-state index contributed by atoms with van der Waals surface area (Å²) < 4.78 is 0. The van der Waals surface area contributed by atoms with Crippen molar-refractivity contribution in [1.82, 2.24) is 5.32 Å². The minimum Gasteiger partial charge on any atom is -0.307 e. The van der Waals surface area contributed by atoms with Crippen LogP contribution in [-0.2, 0) is 4.79 Å². The fraction of sp³-hybridized carbons (Fsp3) is 0.875. The van der Waals surface area contributed by atoms with E-state index in [0.29, 0.717) is 5.92 Å². The molecule has 0 spiro atoms. The van der Waals surface area contributed by atoms with Gasteiger partial charge in [0.05, 0.1) is 6.04 Å². The predicted octanol–water partition coefficient (Wildman–Crippen LogP) is 0.573. The molecular formula is C8H13NO. The first-order valence-corrected chi connectivity index (χ1v) is 4.10. The number of hydrogen-bond donors (Lipinski definition) is 1. The Hall–Kier alpha value is -0.370. The van der Waals surface area contributed by atoms with Crippen molar-refractivity contribution in [3.8, 4) is 0 Å². The lowest BCUT2D eigenvalue weighted by atomic mass is 9.96. The SMILES string of the molecule is O=CC1NCCC1C1CC1. The van der Waals surface area contributed by atoms with Gasteiger partial charge in [-0.1, -0.05) is 0 Å². The molecule has 1 saturated heterocycles. The molecule has 1 saturated carbocycles. The molecule has 2 nitrogen and oxygen atoms in total. The molecule has 0 amide bonds. The zero-order chi connectivity index (χ0) is 6.97. The van der Waals surface area contributed by atoms with Gasteiger partial charge in [0.15, 0.2) is 0 Å². The van der Waals surface area contributed by atoms with Crippen LogP contribution in [0, 0.1) is 11.8 Å². The van der Waals surface area contributed by atoms with Gasteiger partial charge in [-0.25, -0.2) is 0 Å². The van der Waals surface area contributed by atoms with Gasteiger partial charge in [0, 0.05) is 0 Å². The van der Waals surface area contributed by atoms with Crippen molar-refractivity contribution in [3.05, 3.63) is 0 Å². The Morgan fingerprint density at radius 3 is 2.70 bits per heavy atom. The molecular weight excluding hydrogens is 126 g/mol. The maximum Gasteiger partial charge on any atom is 0.137 e. The average molecular weight is 139 g/mol. The highest BCUT2D eigenvalue weighted by molar-refractivity contribution is 5.59. The number of rotatable bonds is 2. The minimum absolute atomic E-state index is 0.187. The number of carbonyl (C=O) groups excluding carboxylic acids is 1. The Labute approximate surface area is 61.0 Å². The maximum absolute atomic E-state index is 10.5. The molecule has 1 heterocycles. The van der Waals surface area contributed by atoms with E-state index in [-0.39, 0.29) is 6.04 Å². The van der Waals surface area contributed by atoms with Gasteiger partial charge in [-0.05, 0) is 37.6 Å². The third-order valence-corrected chi connectivity index (χ3v) is 2.69. The van der Waals surface area contributed by atoms with E-state index in [4.69, 9.17) is 0 Å². The van der Waals surface area contributed by atoms with E-state index >= 15 is 0 Å². The monoisotopic (exact) mass is 139 g/mol. The maximum atomic E-state index is 10.5. The van der Waals surface area contributed by atoms with E-state index in [2.05, 4.69) is 5.32 Å². The number of aldehydes is 1. The summed E-state index contributed by atoms with van der Waals surface area (Å²) in [5.41, 5.74) is 0. The quantitative estimate of drug-likeness (QED) is 0.567. The van der Waals surface area contributed by atoms with Crippen molar-refractivity contribution >= 4 is 6.29 Å². The molecule has 1 aliphatic heterocycles. The molecule has 2 unspecified atom stereocenters. The van der Waals surface area contributed by atoms with Crippen molar-refractivity contribution in [2.45, 2.75) is 25.3 Å². The Bertz CT molecular complexity index is 142. The molecule has 0 aromatic heterocycles. The highest BCUT2D eigenvalue weighted by Gasteiger charge is 2.38. The van der Waals surface area contributed by atoms with Crippen LogP contribution < -0.4 is 5.32 Å². The van der Waals surface area contributed by atoms with Crippen LogP contribution >= 0.6 is 0 Å². The highest BCUT2D eigenvalue weighted by Crippen LogP contribution is 2.41. The van der Waals surface area contributed by atoms with Crippen LogP contribution in [0.5, 0.6) is 0 Å². The average Bonchev–Trinajstić information content (AvgIpc) is 2.69. The Morgan fingerprint density at radius 1 is 1.30 bits per heavy atom. The van der Waals surface area contributed by atoms with Crippen LogP contribution in [0.4, 0.5) is 0 Å². The molecule has 0 aromatic carbocycles. The van der Waals surface area contributed by atoms with Crippen molar-refractivity contribution in [2.24, 2.45) is 11.8 Å². The number of hydrogen-bond acceptors (Lipinski definition) is 2. The van der Waals surface area contributed by atoms with E-state index in [1.807, 2.05) is 0 Å². The molecule has 1 aliphatic carbocycles. The van der Waals surface area contributed by atoms with Gasteiger partial charge in [-0.2, -0.15) is 0 Å². The van der Waals surface area contributed by atoms with Gasteiger partial charge in [-0.15, -0.1) is 0 Å². The van der Waals surface area contributed by atoms with Crippen LogP contribution in [0.15, 0.2) is 0 Å². The normalized spacial score (nSPS) is 40.0. The van der Waals surface area contributed by atoms with E-state index in [1.54, 1.807) is 0 Å². The summed E-state index contributed by atoms with van der Waals surface area (Å²) in [5.74, 6) is 1.56. The zero-order valence-corrected chi connectivity index (χ0v) is 6.05. The van der Waals surface area contributed by atoms with Crippen LogP contribution in [0.2, 0.25) is 0 Å². The summed E-state index contributed by atoms with van der Waals surface area (Å²) in [5, 5.41) is 3.21. The zero-order valence-electron chi connectivity index (χ0n) is 6.05. The van der Waals surface area contributed by atoms with Crippen LogP contribution in [0.3, 0.4) is 0 Å². The second-order valence-electron chi connectivity index (χ2n) is 3.41. The molecule has 0 radical (unpaired) electrons. The van der Waals surface area contributed by atoms with Crippen LogP contribution in [0.25, 0.3) is 0 Å². The summed E-state index contributed by atoms with van der Waals surface area (Å²) in [6, 6.07) is 0.187. The topological polar surface area (TPSA) is 29.1 Å². The molecule has 2 heteroatoms. The minimum atomic E-state index is 0.187. The van der Waals surface area contributed by atoms with Gasteiger partial charge < -0.3 is 10.1 Å². The van der Waals surface area contributed by atoms with Crippen molar-refractivity contribution < 1.29 is 4.79 Å². The molecule has 2 atom stereocenters. The van der Waals surface area contributed by atoms with Crippen molar-refractivity contribution in [2.75, 3.05) is 6.54 Å². The molecule has 10 heavy (non-hydrogen) atoms. The Kier molecular flexibility index (Phi) is 1.49. The largest absolute Gasteiger partial charge is 0.307 e. The van der Waals surface area contributed by atoms with Gasteiger partial charge in [0.25, 0.3) is 0 Å². The second-order valence-corrected chi connectivity index (χ2v) is 3.41. The molecule has 1 N–H and O–H groups in total. The fourth-order valence-corrected chi connectivity index (χ4v) is 1.95. The lowest BCUT2D eigenvalue weighted by Crippen LogP contribution is -2.29. The van der Waals surface area contributed by atoms with Gasteiger partial charge in [0.2, 0.25) is 0 Å². The molecule has 2 rings (SSSR count). The molecule has 0 aromatic rings. The second kappa shape index (κ2) is 2.35. The van der Waals surface area contributed by atoms with Crippen LogP contribution in [0.1, 0.15) is 19.3 Å². The highest BCUT2D eigenvalue weighted by atomic mass is 16.1. The van der Waals surface area contributed by atoms with E-state index < -0.39 is 0 Å². The molecule has 2 aliphatic rings. The predicted molar refractivity (Wildman–Crippen MR) is 38.7 cm³/mol.